The average molecular weight is 349 g/mol. The number of alkyl halides is 3. The summed E-state index contributed by atoms with van der Waals surface area (Å²) in [7, 11) is 0. The molecule has 0 unspecified atom stereocenters. The lowest BCUT2D eigenvalue weighted by Gasteiger charge is -2.16. The molecule has 1 aromatic rings. The Morgan fingerprint density at radius 1 is 1.39 bits per heavy atom. The number of anilines is 1. The number of hydrogen-bond donors (Lipinski definition) is 2. The Hall–Kier alpha value is -1.64. The third-order valence-corrected chi connectivity index (χ3v) is 4.40. The Labute approximate surface area is 135 Å². The van der Waals surface area contributed by atoms with E-state index in [0.29, 0.717) is 11.3 Å². The quantitative estimate of drug-likeness (QED) is 0.858. The molecule has 1 aliphatic carbocycles. The molecule has 1 fully saturated rings. The van der Waals surface area contributed by atoms with E-state index in [1.807, 2.05) is 0 Å². The maximum Gasteiger partial charge on any atom is 0.434 e. The van der Waals surface area contributed by atoms with Crippen LogP contribution >= 0.6 is 11.3 Å². The van der Waals surface area contributed by atoms with Crippen LogP contribution in [0.2, 0.25) is 0 Å². The molecule has 1 saturated carbocycles. The summed E-state index contributed by atoms with van der Waals surface area (Å²) in [4.78, 5) is 27.1. The molecule has 0 radical (unpaired) electrons. The van der Waals surface area contributed by atoms with Gasteiger partial charge in [-0.3, -0.25) is 9.59 Å². The van der Waals surface area contributed by atoms with E-state index in [0.717, 1.165) is 31.1 Å². The average Bonchev–Trinajstić information content (AvgIpc) is 3.07. The van der Waals surface area contributed by atoms with Gasteiger partial charge in [-0.1, -0.05) is 12.8 Å². The predicted octanol–water partition coefficient (Wildman–Crippen LogP) is 3.19. The van der Waals surface area contributed by atoms with Gasteiger partial charge in [0, 0.05) is 23.8 Å². The van der Waals surface area contributed by atoms with Gasteiger partial charge >= 0.3 is 6.18 Å². The summed E-state index contributed by atoms with van der Waals surface area (Å²) in [6.07, 6.45) is -0.729. The van der Waals surface area contributed by atoms with Crippen molar-refractivity contribution in [1.29, 1.82) is 0 Å². The Morgan fingerprint density at radius 3 is 2.61 bits per heavy atom. The van der Waals surface area contributed by atoms with Crippen LogP contribution in [0.4, 0.5) is 18.3 Å². The van der Waals surface area contributed by atoms with E-state index >= 15 is 0 Å². The molecular formula is C14H18F3N3O2S. The number of carbonyl (C=O) groups is 2. The van der Waals surface area contributed by atoms with E-state index in [9.17, 15) is 22.8 Å². The van der Waals surface area contributed by atoms with Crippen LogP contribution in [0, 0.1) is 5.92 Å². The molecule has 0 aromatic carbocycles. The molecule has 1 heterocycles. The van der Waals surface area contributed by atoms with Crippen molar-refractivity contribution >= 4 is 28.3 Å². The molecule has 0 spiro atoms. The number of amides is 2. The highest BCUT2D eigenvalue weighted by atomic mass is 32.1. The molecule has 2 rings (SSSR count). The van der Waals surface area contributed by atoms with Crippen LogP contribution in [0.5, 0.6) is 0 Å². The van der Waals surface area contributed by atoms with Gasteiger partial charge in [0.1, 0.15) is 0 Å². The minimum atomic E-state index is -4.53. The minimum Gasteiger partial charge on any atom is -0.353 e. The number of nitrogens with zero attached hydrogens (tertiary/aromatic N) is 1. The zero-order valence-electron chi connectivity index (χ0n) is 12.6. The van der Waals surface area contributed by atoms with Gasteiger partial charge < -0.3 is 10.6 Å². The van der Waals surface area contributed by atoms with Crippen molar-refractivity contribution < 1.29 is 22.8 Å². The van der Waals surface area contributed by atoms with E-state index in [-0.39, 0.29) is 29.4 Å². The second-order valence-corrected chi connectivity index (χ2v) is 6.54. The van der Waals surface area contributed by atoms with E-state index in [2.05, 4.69) is 15.6 Å². The standard InChI is InChI=1S/C14H18F3N3O2S/c1-8(18-12(22)9-4-2-3-5-9)6-11(21)20-13-19-10(7-23-13)14(15,16)17/h7-9H,2-6H2,1H3,(H,18,22)(H,19,20,21)/t8-/m0/s1. The molecule has 0 bridgehead atoms. The summed E-state index contributed by atoms with van der Waals surface area (Å²) >= 11 is 0.716. The Morgan fingerprint density at radius 2 is 2.04 bits per heavy atom. The monoisotopic (exact) mass is 349 g/mol. The lowest BCUT2D eigenvalue weighted by Crippen LogP contribution is -2.38. The molecule has 128 valence electrons. The molecule has 0 saturated heterocycles. The topological polar surface area (TPSA) is 71.1 Å². The molecule has 0 aliphatic heterocycles. The van der Waals surface area contributed by atoms with E-state index in [1.165, 1.54) is 0 Å². The molecule has 5 nitrogen and oxygen atoms in total. The van der Waals surface area contributed by atoms with Gasteiger partial charge in [0.25, 0.3) is 0 Å². The smallest absolute Gasteiger partial charge is 0.353 e. The fourth-order valence-corrected chi connectivity index (χ4v) is 3.24. The fraction of sp³-hybridized carbons (Fsp3) is 0.643. The van der Waals surface area contributed by atoms with Crippen LogP contribution < -0.4 is 10.6 Å². The zero-order valence-corrected chi connectivity index (χ0v) is 13.4. The van der Waals surface area contributed by atoms with Crippen molar-refractivity contribution in [3.05, 3.63) is 11.1 Å². The Balaban J connectivity index is 1.79. The highest BCUT2D eigenvalue weighted by Crippen LogP contribution is 2.31. The van der Waals surface area contributed by atoms with Crippen molar-refractivity contribution in [3.63, 3.8) is 0 Å². The van der Waals surface area contributed by atoms with Crippen molar-refractivity contribution in [2.45, 2.75) is 51.2 Å². The molecule has 9 heteroatoms. The Kier molecular flexibility index (Phi) is 5.61. The van der Waals surface area contributed by atoms with Crippen LogP contribution in [0.15, 0.2) is 5.38 Å². The third kappa shape index (κ3) is 5.19. The first-order valence-electron chi connectivity index (χ1n) is 7.38. The fourth-order valence-electron chi connectivity index (χ4n) is 2.51. The second-order valence-electron chi connectivity index (χ2n) is 5.68. The van der Waals surface area contributed by atoms with Gasteiger partial charge in [-0.15, -0.1) is 11.3 Å². The number of hydrogen-bond acceptors (Lipinski definition) is 4. The number of halogens is 3. The summed E-state index contributed by atoms with van der Waals surface area (Å²) in [5.41, 5.74) is -1.03. The number of aromatic nitrogens is 1. The summed E-state index contributed by atoms with van der Waals surface area (Å²) in [5, 5.41) is 5.84. The summed E-state index contributed by atoms with van der Waals surface area (Å²) in [5.74, 6) is -0.530. The van der Waals surface area contributed by atoms with Gasteiger partial charge in [0.05, 0.1) is 0 Å². The summed E-state index contributed by atoms with van der Waals surface area (Å²) < 4.78 is 37.3. The molecule has 1 aliphatic rings. The van der Waals surface area contributed by atoms with Gasteiger partial charge in [0.2, 0.25) is 11.8 Å². The normalized spacial score (nSPS) is 17.0. The van der Waals surface area contributed by atoms with Crippen molar-refractivity contribution in [2.75, 3.05) is 5.32 Å². The van der Waals surface area contributed by atoms with Gasteiger partial charge in [-0.25, -0.2) is 4.98 Å². The van der Waals surface area contributed by atoms with E-state index < -0.39 is 17.8 Å². The first-order chi connectivity index (χ1) is 10.8. The maximum absolute atomic E-state index is 12.4. The van der Waals surface area contributed by atoms with Gasteiger partial charge in [0.15, 0.2) is 10.8 Å². The lowest BCUT2D eigenvalue weighted by atomic mass is 10.1. The first kappa shape index (κ1) is 17.7. The largest absolute Gasteiger partial charge is 0.434 e. The van der Waals surface area contributed by atoms with Crippen LogP contribution in [0.25, 0.3) is 0 Å². The highest BCUT2D eigenvalue weighted by Gasteiger charge is 2.34. The second kappa shape index (κ2) is 7.29. The zero-order chi connectivity index (χ0) is 17.0. The molecule has 2 amide bonds. The molecule has 2 N–H and O–H groups in total. The van der Waals surface area contributed by atoms with Crippen molar-refractivity contribution in [3.8, 4) is 0 Å². The molecular weight excluding hydrogens is 331 g/mol. The van der Waals surface area contributed by atoms with Gasteiger partial charge in [-0.2, -0.15) is 13.2 Å². The number of rotatable bonds is 5. The molecule has 23 heavy (non-hydrogen) atoms. The van der Waals surface area contributed by atoms with Crippen LogP contribution in [0.1, 0.15) is 44.7 Å². The van der Waals surface area contributed by atoms with Crippen LogP contribution in [-0.4, -0.2) is 22.8 Å². The van der Waals surface area contributed by atoms with E-state index in [4.69, 9.17) is 0 Å². The third-order valence-electron chi connectivity index (χ3n) is 3.65. The highest BCUT2D eigenvalue weighted by molar-refractivity contribution is 7.13. The Bertz CT molecular complexity index is 568. The SMILES string of the molecule is C[C@@H](CC(=O)Nc1nc(C(F)(F)F)cs1)NC(=O)C1CCCC1. The molecule has 1 aromatic heterocycles. The predicted molar refractivity (Wildman–Crippen MR) is 79.9 cm³/mol. The van der Waals surface area contributed by atoms with E-state index in [1.54, 1.807) is 6.92 Å². The summed E-state index contributed by atoms with van der Waals surface area (Å²) in [6.45, 7) is 1.69. The van der Waals surface area contributed by atoms with Gasteiger partial charge in [-0.05, 0) is 19.8 Å². The number of nitrogens with one attached hydrogen (secondary N) is 2. The number of thiazole rings is 1. The van der Waals surface area contributed by atoms with Crippen molar-refractivity contribution in [2.24, 2.45) is 5.92 Å². The van der Waals surface area contributed by atoms with Crippen molar-refractivity contribution in [1.82, 2.24) is 10.3 Å². The summed E-state index contributed by atoms with van der Waals surface area (Å²) in [6, 6.07) is -0.384. The number of carbonyl (C=O) groups excluding carboxylic acids is 2. The van der Waals surface area contributed by atoms with Crippen LogP contribution in [0.3, 0.4) is 0 Å². The minimum absolute atomic E-state index is 0.00816. The maximum atomic E-state index is 12.4. The molecule has 1 atom stereocenters. The van der Waals surface area contributed by atoms with Crippen LogP contribution in [-0.2, 0) is 15.8 Å². The lowest BCUT2D eigenvalue weighted by molar-refractivity contribution is -0.140. The first-order valence-corrected chi connectivity index (χ1v) is 8.26.